The quantitative estimate of drug-likeness (QED) is 0.891. The van der Waals surface area contributed by atoms with Gasteiger partial charge in [0.15, 0.2) is 0 Å². The minimum absolute atomic E-state index is 0.195. The summed E-state index contributed by atoms with van der Waals surface area (Å²) in [7, 11) is 1.98. The first kappa shape index (κ1) is 13.4. The van der Waals surface area contributed by atoms with E-state index in [0.29, 0.717) is 18.2 Å². The Morgan fingerprint density at radius 1 is 1.32 bits per heavy atom. The zero-order valence-electron chi connectivity index (χ0n) is 10.9. The molecule has 0 aliphatic rings. The first-order valence-corrected chi connectivity index (χ1v) is 6.14. The average molecular weight is 260 g/mol. The molecule has 5 heteroatoms. The molecule has 0 unspecified atom stereocenters. The third kappa shape index (κ3) is 4.30. The van der Waals surface area contributed by atoms with Gasteiger partial charge in [-0.1, -0.05) is 12.1 Å². The van der Waals surface area contributed by atoms with E-state index >= 15 is 0 Å². The molecule has 1 aromatic heterocycles. The van der Waals surface area contributed by atoms with Gasteiger partial charge in [0.1, 0.15) is 17.5 Å². The van der Waals surface area contributed by atoms with Crippen molar-refractivity contribution in [2.24, 2.45) is 0 Å². The van der Waals surface area contributed by atoms with Gasteiger partial charge in [0.2, 0.25) is 0 Å². The van der Waals surface area contributed by atoms with E-state index in [-0.39, 0.29) is 5.82 Å². The van der Waals surface area contributed by atoms with Gasteiger partial charge in [-0.25, -0.2) is 14.4 Å². The molecule has 1 aromatic carbocycles. The van der Waals surface area contributed by atoms with Gasteiger partial charge in [-0.05, 0) is 37.2 Å². The highest BCUT2D eigenvalue weighted by atomic mass is 19.1. The Morgan fingerprint density at radius 2 is 2.16 bits per heavy atom. The average Bonchev–Trinajstić information content (AvgIpc) is 2.36. The van der Waals surface area contributed by atoms with Crippen LogP contribution >= 0.6 is 0 Å². The van der Waals surface area contributed by atoms with E-state index in [1.165, 1.54) is 6.07 Å². The van der Waals surface area contributed by atoms with Crippen molar-refractivity contribution < 1.29 is 4.39 Å². The lowest BCUT2D eigenvalue weighted by Gasteiger charge is -2.15. The summed E-state index contributed by atoms with van der Waals surface area (Å²) >= 11 is 0. The number of benzene rings is 1. The Hall–Kier alpha value is -2.01. The second-order valence-corrected chi connectivity index (χ2v) is 4.52. The van der Waals surface area contributed by atoms with Crippen molar-refractivity contribution in [2.45, 2.75) is 13.0 Å². The van der Waals surface area contributed by atoms with Gasteiger partial charge in [-0.15, -0.1) is 0 Å². The van der Waals surface area contributed by atoms with Gasteiger partial charge in [0, 0.05) is 12.7 Å². The van der Waals surface area contributed by atoms with E-state index in [2.05, 4.69) is 14.9 Å². The number of halogens is 1. The molecular weight excluding hydrogens is 243 g/mol. The molecule has 0 radical (unpaired) electrons. The molecule has 0 spiro atoms. The normalized spacial score (nSPS) is 10.9. The topological polar surface area (TPSA) is 55.0 Å². The molecule has 0 amide bonds. The highest BCUT2D eigenvalue weighted by Gasteiger charge is 2.04. The summed E-state index contributed by atoms with van der Waals surface area (Å²) in [5, 5.41) is 0. The molecule has 2 N–H and O–H groups in total. The lowest BCUT2D eigenvalue weighted by molar-refractivity contribution is 0.322. The van der Waals surface area contributed by atoms with E-state index in [4.69, 9.17) is 5.73 Å². The zero-order valence-corrected chi connectivity index (χ0v) is 10.9. The minimum Gasteiger partial charge on any atom is -0.384 e. The fourth-order valence-corrected chi connectivity index (χ4v) is 1.82. The Labute approximate surface area is 112 Å². The van der Waals surface area contributed by atoms with Crippen molar-refractivity contribution in [3.05, 3.63) is 53.7 Å². The van der Waals surface area contributed by atoms with Crippen LogP contribution in [0.5, 0.6) is 0 Å². The smallest absolute Gasteiger partial charge is 0.144 e. The number of nitrogens with two attached hydrogens (primary N) is 1. The number of likely N-dealkylation sites (N-methyl/N-ethyl adjacent to an activating group) is 1. The number of nitrogens with zero attached hydrogens (tertiary/aromatic N) is 3. The molecule has 0 atom stereocenters. The van der Waals surface area contributed by atoms with Crippen molar-refractivity contribution in [3.63, 3.8) is 0 Å². The van der Waals surface area contributed by atoms with Crippen molar-refractivity contribution in [3.8, 4) is 0 Å². The van der Waals surface area contributed by atoms with Crippen LogP contribution in [0.1, 0.15) is 11.4 Å². The maximum absolute atomic E-state index is 13.0. The number of rotatable bonds is 5. The van der Waals surface area contributed by atoms with Gasteiger partial charge in [-0.3, -0.25) is 4.90 Å². The van der Waals surface area contributed by atoms with Crippen LogP contribution in [0.4, 0.5) is 10.2 Å². The maximum Gasteiger partial charge on any atom is 0.144 e. The summed E-state index contributed by atoms with van der Waals surface area (Å²) in [4.78, 5) is 10.4. The predicted octanol–water partition coefficient (Wildman–Crippen LogP) is 1.87. The van der Waals surface area contributed by atoms with E-state index in [9.17, 15) is 4.39 Å². The van der Waals surface area contributed by atoms with Gasteiger partial charge < -0.3 is 5.73 Å². The van der Waals surface area contributed by atoms with Gasteiger partial charge >= 0.3 is 0 Å². The molecule has 1 heterocycles. The summed E-state index contributed by atoms with van der Waals surface area (Å²) in [5.41, 5.74) is 6.59. The van der Waals surface area contributed by atoms with Crippen LogP contribution in [0, 0.1) is 5.82 Å². The van der Waals surface area contributed by atoms with Crippen LogP contribution < -0.4 is 5.73 Å². The molecule has 19 heavy (non-hydrogen) atoms. The summed E-state index contributed by atoms with van der Waals surface area (Å²) in [5.74, 6) is 0.976. The molecular formula is C14H17FN4. The summed E-state index contributed by atoms with van der Waals surface area (Å²) in [6.45, 7) is 1.43. The third-order valence-electron chi connectivity index (χ3n) is 2.81. The Kier molecular flexibility index (Phi) is 4.41. The van der Waals surface area contributed by atoms with Crippen LogP contribution in [-0.4, -0.2) is 28.5 Å². The highest BCUT2D eigenvalue weighted by molar-refractivity contribution is 5.25. The van der Waals surface area contributed by atoms with Gasteiger partial charge in [-0.2, -0.15) is 0 Å². The maximum atomic E-state index is 13.0. The lowest BCUT2D eigenvalue weighted by atomic mass is 10.1. The van der Waals surface area contributed by atoms with Crippen LogP contribution in [0.3, 0.4) is 0 Å². The molecule has 0 saturated carbocycles. The van der Waals surface area contributed by atoms with Crippen molar-refractivity contribution >= 4 is 5.82 Å². The number of hydrogen-bond acceptors (Lipinski definition) is 4. The second-order valence-electron chi connectivity index (χ2n) is 4.52. The Morgan fingerprint density at radius 3 is 2.89 bits per heavy atom. The number of aromatic nitrogens is 2. The molecule has 0 fully saturated rings. The monoisotopic (exact) mass is 260 g/mol. The standard InChI is InChI=1S/C14H17FN4/c1-19(10-14-17-7-5-13(16)18-14)8-6-11-3-2-4-12(15)9-11/h2-5,7,9H,6,8,10H2,1H3,(H2,16,17,18). The second kappa shape index (κ2) is 6.24. The number of hydrogen-bond donors (Lipinski definition) is 1. The van der Waals surface area contributed by atoms with E-state index in [1.54, 1.807) is 24.4 Å². The van der Waals surface area contributed by atoms with Crippen LogP contribution in [0.2, 0.25) is 0 Å². The molecule has 100 valence electrons. The summed E-state index contributed by atoms with van der Waals surface area (Å²) in [6.07, 6.45) is 2.44. The molecule has 0 saturated heterocycles. The molecule has 4 nitrogen and oxygen atoms in total. The zero-order chi connectivity index (χ0) is 13.7. The first-order valence-electron chi connectivity index (χ1n) is 6.14. The molecule has 2 rings (SSSR count). The van der Waals surface area contributed by atoms with Crippen LogP contribution in [-0.2, 0) is 13.0 Å². The summed E-state index contributed by atoms with van der Waals surface area (Å²) < 4.78 is 13.0. The lowest BCUT2D eigenvalue weighted by Crippen LogP contribution is -2.22. The largest absolute Gasteiger partial charge is 0.384 e. The Balaban J connectivity index is 1.86. The van der Waals surface area contributed by atoms with Crippen LogP contribution in [0.25, 0.3) is 0 Å². The SMILES string of the molecule is CN(CCc1cccc(F)c1)Cc1nccc(N)n1. The van der Waals surface area contributed by atoms with Crippen molar-refractivity contribution in [1.82, 2.24) is 14.9 Å². The van der Waals surface area contributed by atoms with Crippen molar-refractivity contribution in [1.29, 1.82) is 0 Å². The number of nitrogen functional groups attached to an aromatic ring is 1. The van der Waals surface area contributed by atoms with Crippen molar-refractivity contribution in [2.75, 3.05) is 19.3 Å². The summed E-state index contributed by atoms with van der Waals surface area (Å²) in [6, 6.07) is 8.33. The predicted molar refractivity (Wildman–Crippen MR) is 72.9 cm³/mol. The fourth-order valence-electron chi connectivity index (χ4n) is 1.82. The fraction of sp³-hybridized carbons (Fsp3) is 0.286. The molecule has 0 aliphatic heterocycles. The molecule has 0 aliphatic carbocycles. The third-order valence-corrected chi connectivity index (χ3v) is 2.81. The van der Waals surface area contributed by atoms with E-state index < -0.39 is 0 Å². The van der Waals surface area contributed by atoms with E-state index in [0.717, 1.165) is 18.5 Å². The molecule has 0 bridgehead atoms. The number of anilines is 1. The van der Waals surface area contributed by atoms with Gasteiger partial charge in [0.05, 0.1) is 6.54 Å². The van der Waals surface area contributed by atoms with E-state index in [1.807, 2.05) is 13.1 Å². The Bertz CT molecular complexity index is 544. The highest BCUT2D eigenvalue weighted by Crippen LogP contribution is 2.06. The first-order chi connectivity index (χ1) is 9.13. The van der Waals surface area contributed by atoms with Crippen LogP contribution in [0.15, 0.2) is 36.5 Å². The minimum atomic E-state index is -0.195. The molecule has 2 aromatic rings. The van der Waals surface area contributed by atoms with Gasteiger partial charge in [0.25, 0.3) is 0 Å².